The molecule has 1 heterocycles. The van der Waals surface area contributed by atoms with Crippen molar-refractivity contribution in [2.75, 3.05) is 16.6 Å². The van der Waals surface area contributed by atoms with Crippen LogP contribution in [0.25, 0.3) is 0 Å². The molecular weight excluding hydrogens is 367 g/mol. The Morgan fingerprint density at radius 1 is 1.15 bits per heavy atom. The first-order chi connectivity index (χ1) is 12.8. The lowest BCUT2D eigenvalue weighted by atomic mass is 10.1. The molecule has 3 rings (SSSR count). The number of halogens is 1. The van der Waals surface area contributed by atoms with Crippen LogP contribution in [-0.2, 0) is 10.0 Å². The lowest BCUT2D eigenvalue weighted by Gasteiger charge is -2.29. The smallest absolute Gasteiger partial charge is 0.251 e. The molecule has 1 aliphatic rings. The number of rotatable bonds is 4. The van der Waals surface area contributed by atoms with Crippen molar-refractivity contribution >= 4 is 21.6 Å². The molecule has 1 aliphatic heterocycles. The summed E-state index contributed by atoms with van der Waals surface area (Å²) in [5.74, 6) is -0.504. The molecule has 5 nitrogen and oxygen atoms in total. The maximum Gasteiger partial charge on any atom is 0.251 e. The molecule has 0 radical (unpaired) electrons. The van der Waals surface area contributed by atoms with Crippen LogP contribution in [0.1, 0.15) is 47.3 Å². The lowest BCUT2D eigenvalue weighted by Crippen LogP contribution is -2.38. The number of carbonyl (C=O) groups excluding carboxylic acids is 1. The Balaban J connectivity index is 1.82. The van der Waals surface area contributed by atoms with Crippen molar-refractivity contribution in [1.82, 2.24) is 5.32 Å². The first-order valence-electron chi connectivity index (χ1n) is 8.95. The average Bonchev–Trinajstić information content (AvgIpc) is 2.62. The van der Waals surface area contributed by atoms with Gasteiger partial charge >= 0.3 is 0 Å². The van der Waals surface area contributed by atoms with Gasteiger partial charge in [-0.25, -0.2) is 12.8 Å². The van der Waals surface area contributed by atoms with Gasteiger partial charge in [-0.2, -0.15) is 0 Å². The van der Waals surface area contributed by atoms with Gasteiger partial charge < -0.3 is 5.32 Å². The van der Waals surface area contributed by atoms with Crippen LogP contribution < -0.4 is 9.62 Å². The van der Waals surface area contributed by atoms with Crippen LogP contribution in [0, 0.1) is 12.7 Å². The van der Waals surface area contributed by atoms with Gasteiger partial charge in [-0.3, -0.25) is 9.10 Å². The number of nitrogens with one attached hydrogen (secondary N) is 1. The van der Waals surface area contributed by atoms with Gasteiger partial charge in [0.15, 0.2) is 0 Å². The van der Waals surface area contributed by atoms with Crippen molar-refractivity contribution in [1.29, 1.82) is 0 Å². The first kappa shape index (κ1) is 19.4. The Hall–Kier alpha value is -2.41. The highest BCUT2D eigenvalue weighted by molar-refractivity contribution is 7.92. The van der Waals surface area contributed by atoms with Gasteiger partial charge in [0, 0.05) is 12.1 Å². The van der Waals surface area contributed by atoms with Gasteiger partial charge in [0.25, 0.3) is 5.91 Å². The highest BCUT2D eigenvalue weighted by Gasteiger charge is 2.27. The Bertz CT molecular complexity index is 942. The molecule has 0 unspecified atom stereocenters. The number of hydrogen-bond acceptors (Lipinski definition) is 3. The number of aryl methyl sites for hydroxylation is 1. The second kappa shape index (κ2) is 7.68. The summed E-state index contributed by atoms with van der Waals surface area (Å²) in [5.41, 5.74) is 2.54. The summed E-state index contributed by atoms with van der Waals surface area (Å²) in [6, 6.07) is 10.7. The second-order valence-electron chi connectivity index (χ2n) is 6.84. The van der Waals surface area contributed by atoms with Gasteiger partial charge in [-0.05, 0) is 62.1 Å². The topological polar surface area (TPSA) is 66.5 Å². The molecule has 27 heavy (non-hydrogen) atoms. The number of benzene rings is 2. The third-order valence-electron chi connectivity index (χ3n) is 4.81. The molecular formula is C20H23FN2O3S. The number of carbonyl (C=O) groups is 1. The molecule has 1 atom stereocenters. The Kier molecular flexibility index (Phi) is 5.51. The molecule has 0 spiro atoms. The monoisotopic (exact) mass is 390 g/mol. The van der Waals surface area contributed by atoms with E-state index in [4.69, 9.17) is 0 Å². The van der Waals surface area contributed by atoms with Crippen molar-refractivity contribution in [3.8, 4) is 0 Å². The van der Waals surface area contributed by atoms with Gasteiger partial charge in [-0.1, -0.05) is 18.2 Å². The lowest BCUT2D eigenvalue weighted by molar-refractivity contribution is 0.0940. The fourth-order valence-electron chi connectivity index (χ4n) is 3.19. The maximum absolute atomic E-state index is 13.1. The molecule has 2 aromatic rings. The van der Waals surface area contributed by atoms with Crippen molar-refractivity contribution in [2.45, 2.75) is 32.7 Å². The summed E-state index contributed by atoms with van der Waals surface area (Å²) >= 11 is 0. The minimum Gasteiger partial charge on any atom is -0.346 e. The van der Waals surface area contributed by atoms with E-state index in [1.165, 1.54) is 16.4 Å². The molecule has 1 saturated heterocycles. The Morgan fingerprint density at radius 3 is 2.52 bits per heavy atom. The molecule has 1 fully saturated rings. The van der Waals surface area contributed by atoms with Crippen LogP contribution in [0.2, 0.25) is 0 Å². The van der Waals surface area contributed by atoms with Crippen LogP contribution in [0.4, 0.5) is 10.1 Å². The van der Waals surface area contributed by atoms with E-state index >= 15 is 0 Å². The van der Waals surface area contributed by atoms with Gasteiger partial charge in [0.05, 0.1) is 17.5 Å². The summed E-state index contributed by atoms with van der Waals surface area (Å²) in [7, 11) is -3.35. The molecule has 0 aliphatic carbocycles. The van der Waals surface area contributed by atoms with Crippen LogP contribution in [0.5, 0.6) is 0 Å². The van der Waals surface area contributed by atoms with Crippen LogP contribution >= 0.6 is 0 Å². The Labute approximate surface area is 159 Å². The zero-order chi connectivity index (χ0) is 19.6. The van der Waals surface area contributed by atoms with E-state index in [1.54, 1.807) is 30.3 Å². The SMILES string of the molecule is Cc1ccc(C(=O)N[C@H](C)c2ccc(F)cc2)cc1N1CCCCS1(=O)=O. The van der Waals surface area contributed by atoms with Crippen LogP contribution in [0.3, 0.4) is 0 Å². The average molecular weight is 390 g/mol. The molecule has 1 amide bonds. The summed E-state index contributed by atoms with van der Waals surface area (Å²) in [6.45, 7) is 4.08. The van der Waals surface area contributed by atoms with Gasteiger partial charge in [-0.15, -0.1) is 0 Å². The molecule has 0 bridgehead atoms. The zero-order valence-corrected chi connectivity index (χ0v) is 16.2. The first-order valence-corrected chi connectivity index (χ1v) is 10.6. The van der Waals surface area contributed by atoms with E-state index < -0.39 is 10.0 Å². The fourth-order valence-corrected chi connectivity index (χ4v) is 4.89. The van der Waals surface area contributed by atoms with E-state index in [0.717, 1.165) is 17.5 Å². The third-order valence-corrected chi connectivity index (χ3v) is 6.66. The predicted octanol–water partition coefficient (Wildman–Crippen LogP) is 3.56. The number of hydrogen-bond donors (Lipinski definition) is 1. The summed E-state index contributed by atoms with van der Waals surface area (Å²) in [6.07, 6.45) is 1.46. The largest absolute Gasteiger partial charge is 0.346 e. The maximum atomic E-state index is 13.1. The molecule has 1 N–H and O–H groups in total. The molecule has 0 saturated carbocycles. The van der Waals surface area contributed by atoms with Crippen molar-refractivity contribution in [3.63, 3.8) is 0 Å². The highest BCUT2D eigenvalue weighted by Crippen LogP contribution is 2.28. The zero-order valence-electron chi connectivity index (χ0n) is 15.4. The number of sulfonamides is 1. The molecule has 2 aromatic carbocycles. The number of nitrogens with zero attached hydrogens (tertiary/aromatic N) is 1. The van der Waals surface area contributed by atoms with Crippen molar-refractivity contribution < 1.29 is 17.6 Å². The van der Waals surface area contributed by atoms with Crippen LogP contribution in [-0.4, -0.2) is 26.6 Å². The van der Waals surface area contributed by atoms with Crippen molar-refractivity contribution in [3.05, 3.63) is 65.0 Å². The molecule has 144 valence electrons. The van der Waals surface area contributed by atoms with E-state index in [2.05, 4.69) is 5.32 Å². The van der Waals surface area contributed by atoms with Gasteiger partial charge in [0.1, 0.15) is 5.82 Å². The normalized spacial score (nSPS) is 17.4. The summed E-state index contributed by atoms with van der Waals surface area (Å²) < 4.78 is 39.3. The Morgan fingerprint density at radius 2 is 1.85 bits per heavy atom. The van der Waals surface area contributed by atoms with E-state index in [9.17, 15) is 17.6 Å². The summed E-state index contributed by atoms with van der Waals surface area (Å²) in [4.78, 5) is 12.6. The van der Waals surface area contributed by atoms with Crippen molar-refractivity contribution in [2.24, 2.45) is 0 Å². The van der Waals surface area contributed by atoms with Crippen LogP contribution in [0.15, 0.2) is 42.5 Å². The minimum absolute atomic E-state index is 0.129. The molecule has 7 heteroatoms. The molecule has 0 aromatic heterocycles. The van der Waals surface area contributed by atoms with E-state index in [1.807, 2.05) is 13.8 Å². The minimum atomic E-state index is -3.35. The summed E-state index contributed by atoms with van der Waals surface area (Å²) in [5, 5.41) is 2.87. The highest BCUT2D eigenvalue weighted by atomic mass is 32.2. The van der Waals surface area contributed by atoms with E-state index in [-0.39, 0.29) is 23.5 Å². The predicted molar refractivity (Wildman–Crippen MR) is 104 cm³/mol. The second-order valence-corrected chi connectivity index (χ2v) is 8.86. The van der Waals surface area contributed by atoms with E-state index in [0.29, 0.717) is 24.2 Å². The number of amides is 1. The third kappa shape index (κ3) is 4.30. The fraction of sp³-hybridized carbons (Fsp3) is 0.350. The number of anilines is 1. The van der Waals surface area contributed by atoms with Gasteiger partial charge in [0.2, 0.25) is 10.0 Å². The standard InChI is InChI=1S/C20H23FN2O3S/c1-14-5-6-17(13-19(14)23-11-3-4-12-27(23,25)26)20(24)22-15(2)16-7-9-18(21)10-8-16/h5-10,13,15H,3-4,11-12H2,1-2H3,(H,22,24)/t15-/m1/s1. The quantitative estimate of drug-likeness (QED) is 0.868.